The smallest absolute Gasteiger partial charge is 0.335 e. The Kier molecular flexibility index (Phi) is 9.73. The molecule has 71 heavy (non-hydrogen) atoms. The van der Waals surface area contributed by atoms with Gasteiger partial charge in [-0.25, -0.2) is 34.7 Å². The second-order valence-corrected chi connectivity index (χ2v) is 16.6. The van der Waals surface area contributed by atoms with Crippen molar-refractivity contribution in [1.29, 1.82) is 0 Å². The minimum atomic E-state index is -1.03. The fourth-order valence-corrected chi connectivity index (χ4v) is 8.64. The number of hydrogen-bond acceptors (Lipinski definition) is 11. The van der Waals surface area contributed by atoms with E-state index >= 15 is 0 Å². The van der Waals surface area contributed by atoms with Gasteiger partial charge in [-0.3, -0.25) is 0 Å². The highest BCUT2D eigenvalue weighted by Gasteiger charge is 2.24. The van der Waals surface area contributed by atoms with E-state index in [4.69, 9.17) is 48.9 Å². The van der Waals surface area contributed by atoms with E-state index in [2.05, 4.69) is 9.97 Å². The standard InChI is InChI=1S/C57H34N8O6/c66-57(67)32-16-18-36(19-17-32)71-40-23-27-44-48(31-40)56-64-51-43-26-22-39(70-35-14-8-3-9-15-35)30-47(43)54(62-51)60-49-41-24-20-37(68-33-10-4-1-5-11-33)28-45(41)53(58-49)59-50-42-25-21-38(69-34-12-6-2-7-13-34)29-46(42)55(61-50)63-52(44)65-56/h1-31H,(H,66,67)(H2,58,59,60,61,62,63,64,65). The second-order valence-electron chi connectivity index (χ2n) is 16.6. The van der Waals surface area contributed by atoms with Gasteiger partial charge in [0.05, 0.1) is 5.56 Å². The Morgan fingerprint density at radius 1 is 0.324 bits per heavy atom. The van der Waals surface area contributed by atoms with Gasteiger partial charge in [0.2, 0.25) is 0 Å². The van der Waals surface area contributed by atoms with E-state index in [1.54, 1.807) is 12.1 Å². The molecule has 8 bridgehead atoms. The van der Waals surface area contributed by atoms with Crippen molar-refractivity contribution in [3.8, 4) is 91.5 Å². The lowest BCUT2D eigenvalue weighted by Crippen LogP contribution is -1.95. The van der Waals surface area contributed by atoms with Gasteiger partial charge in [-0.2, -0.15) is 0 Å². The molecule has 14 nitrogen and oxygen atoms in total. The van der Waals surface area contributed by atoms with E-state index in [0.717, 1.165) is 27.3 Å². The maximum atomic E-state index is 11.6. The normalized spacial score (nSPS) is 11.5. The summed E-state index contributed by atoms with van der Waals surface area (Å²) in [5, 5.41) is 12.4. The number of carbonyl (C=O) groups is 1. The molecule has 0 unspecified atom stereocenters. The van der Waals surface area contributed by atoms with Gasteiger partial charge in [-0.1, -0.05) is 54.6 Å². The predicted octanol–water partition coefficient (Wildman–Crippen LogP) is 13.7. The van der Waals surface area contributed by atoms with E-state index in [1.165, 1.54) is 12.1 Å². The second kappa shape index (κ2) is 16.8. The summed E-state index contributed by atoms with van der Waals surface area (Å²) in [5.74, 6) is 5.33. The molecule has 5 heterocycles. The largest absolute Gasteiger partial charge is 0.478 e. The highest BCUT2D eigenvalue weighted by Crippen LogP contribution is 2.41. The Labute approximate surface area is 402 Å². The molecule has 2 aliphatic rings. The van der Waals surface area contributed by atoms with Crippen molar-refractivity contribution in [3.05, 3.63) is 194 Å². The lowest BCUT2D eigenvalue weighted by atomic mass is 10.1. The zero-order valence-corrected chi connectivity index (χ0v) is 37.1. The quantitative estimate of drug-likeness (QED) is 0.125. The van der Waals surface area contributed by atoms with Crippen molar-refractivity contribution in [2.75, 3.05) is 0 Å². The molecule has 0 atom stereocenters. The van der Waals surface area contributed by atoms with Crippen molar-refractivity contribution in [3.63, 3.8) is 0 Å². The summed E-state index contributed by atoms with van der Waals surface area (Å²) < 4.78 is 25.3. The van der Waals surface area contributed by atoms with Crippen molar-refractivity contribution < 1.29 is 28.8 Å². The molecule has 0 amide bonds. The summed E-state index contributed by atoms with van der Waals surface area (Å²) in [7, 11) is 0. The number of aromatic nitrogens is 8. The lowest BCUT2D eigenvalue weighted by Gasteiger charge is -2.07. The summed E-state index contributed by atoms with van der Waals surface area (Å²) in [6.07, 6.45) is 0. The monoisotopic (exact) mass is 926 g/mol. The van der Waals surface area contributed by atoms with E-state index in [1.807, 2.05) is 164 Å². The summed E-state index contributed by atoms with van der Waals surface area (Å²) in [4.78, 5) is 49.7. The number of nitrogens with one attached hydrogen (secondary N) is 2. The van der Waals surface area contributed by atoms with Crippen LogP contribution in [0.3, 0.4) is 0 Å². The highest BCUT2D eigenvalue weighted by molar-refractivity contribution is 6.07. The molecule has 0 aliphatic carbocycles. The third-order valence-corrected chi connectivity index (χ3v) is 12.0. The predicted molar refractivity (Wildman–Crippen MR) is 269 cm³/mol. The topological polar surface area (TPSA) is 183 Å². The number of benzene rings is 8. The average molecular weight is 927 g/mol. The van der Waals surface area contributed by atoms with Gasteiger partial charge in [0.15, 0.2) is 23.3 Å². The van der Waals surface area contributed by atoms with Crippen molar-refractivity contribution >= 4 is 50.1 Å². The van der Waals surface area contributed by atoms with Crippen LogP contribution in [-0.4, -0.2) is 50.9 Å². The molecule has 0 spiro atoms. The number of ether oxygens (including phenoxy) is 4. The van der Waals surface area contributed by atoms with Gasteiger partial charge in [0.1, 0.15) is 68.6 Å². The molecule has 0 radical (unpaired) electrons. The van der Waals surface area contributed by atoms with Crippen LogP contribution in [0.4, 0.5) is 0 Å². The molecular formula is C57H34N8O6. The Hall–Kier alpha value is -10.2. The fraction of sp³-hybridized carbons (Fsp3) is 0. The van der Waals surface area contributed by atoms with Crippen LogP contribution in [0, 0.1) is 0 Å². The van der Waals surface area contributed by atoms with Crippen LogP contribution in [0.2, 0.25) is 0 Å². The van der Waals surface area contributed by atoms with Gasteiger partial charge in [-0.15, -0.1) is 0 Å². The molecule has 14 heteroatoms. The van der Waals surface area contributed by atoms with E-state index in [9.17, 15) is 9.90 Å². The van der Waals surface area contributed by atoms with Crippen LogP contribution in [0.1, 0.15) is 10.4 Å². The number of para-hydroxylation sites is 3. The van der Waals surface area contributed by atoms with Crippen molar-refractivity contribution in [1.82, 2.24) is 39.9 Å². The molecule has 0 saturated carbocycles. The van der Waals surface area contributed by atoms with Gasteiger partial charge in [0, 0.05) is 43.8 Å². The Morgan fingerprint density at radius 2 is 0.648 bits per heavy atom. The number of rotatable bonds is 9. The molecule has 0 saturated heterocycles. The molecule has 3 aromatic heterocycles. The molecule has 13 rings (SSSR count). The summed E-state index contributed by atoms with van der Waals surface area (Å²) >= 11 is 0. The maximum absolute atomic E-state index is 11.6. The third kappa shape index (κ3) is 7.82. The van der Waals surface area contributed by atoms with Crippen LogP contribution in [0.15, 0.2) is 188 Å². The Balaban J connectivity index is 1.07. The van der Waals surface area contributed by atoms with Crippen LogP contribution >= 0.6 is 0 Å². The molecule has 2 aliphatic heterocycles. The van der Waals surface area contributed by atoms with E-state index in [-0.39, 0.29) is 5.56 Å². The Bertz CT molecular complexity index is 4040. The number of H-pyrrole nitrogens is 2. The number of carboxylic acids is 1. The molecule has 11 aromatic rings. The zero-order valence-electron chi connectivity index (χ0n) is 37.1. The van der Waals surface area contributed by atoms with Crippen LogP contribution in [0.25, 0.3) is 89.7 Å². The maximum Gasteiger partial charge on any atom is 0.335 e. The minimum Gasteiger partial charge on any atom is -0.478 e. The van der Waals surface area contributed by atoms with Gasteiger partial charge < -0.3 is 34.0 Å². The highest BCUT2D eigenvalue weighted by atomic mass is 16.5. The average Bonchev–Trinajstić information content (AvgIpc) is 4.12. The molecule has 338 valence electrons. The summed E-state index contributed by atoms with van der Waals surface area (Å²) in [5.41, 5.74) is 4.91. The minimum absolute atomic E-state index is 0.149. The number of hydrogen-bond donors (Lipinski definition) is 3. The fourth-order valence-electron chi connectivity index (χ4n) is 8.64. The Morgan fingerprint density at radius 3 is 1.04 bits per heavy atom. The zero-order chi connectivity index (χ0) is 47.4. The number of carboxylic acid groups (broad SMARTS) is 1. The molecule has 3 N–H and O–H groups in total. The first-order chi connectivity index (χ1) is 34.9. The lowest BCUT2D eigenvalue weighted by molar-refractivity contribution is 0.0697. The van der Waals surface area contributed by atoms with Crippen molar-refractivity contribution in [2.45, 2.75) is 0 Å². The van der Waals surface area contributed by atoms with Gasteiger partial charge >= 0.3 is 5.97 Å². The van der Waals surface area contributed by atoms with Crippen LogP contribution in [0.5, 0.6) is 46.0 Å². The summed E-state index contributed by atoms with van der Waals surface area (Å²) in [6.45, 7) is 0. The van der Waals surface area contributed by atoms with Gasteiger partial charge in [-0.05, 0) is 133 Å². The SMILES string of the molecule is O=C(O)c1ccc(Oc2ccc3c4nc5nc(nc6[nH]c(nc7nc(nc([nH]4)c3c2)-c2ccc(Oc3ccccc3)cc2-7)c2ccc(Oc3ccccc3)cc62)-c2ccc(Oc3ccccc3)cc2-5)cc1. The number of aromatic carboxylic acids is 1. The van der Waals surface area contributed by atoms with Crippen LogP contribution in [-0.2, 0) is 0 Å². The first-order valence-electron chi connectivity index (χ1n) is 22.5. The van der Waals surface area contributed by atoms with Crippen LogP contribution < -0.4 is 18.9 Å². The molecule has 0 fully saturated rings. The number of fused-ring (bicyclic) bond motifs is 20. The third-order valence-electron chi connectivity index (χ3n) is 12.0. The first-order valence-corrected chi connectivity index (χ1v) is 22.5. The molecule has 8 aromatic carbocycles. The molecular weight excluding hydrogens is 893 g/mol. The number of aromatic amines is 2. The van der Waals surface area contributed by atoms with Gasteiger partial charge in [0.25, 0.3) is 0 Å². The summed E-state index contributed by atoms with van der Waals surface area (Å²) in [6, 6.07) is 57.7. The first kappa shape index (κ1) is 41.0. The van der Waals surface area contributed by atoms with E-state index < -0.39 is 5.97 Å². The van der Waals surface area contributed by atoms with Crippen molar-refractivity contribution in [2.24, 2.45) is 0 Å². The number of nitrogens with zero attached hydrogens (tertiary/aromatic N) is 6. The van der Waals surface area contributed by atoms with E-state index in [0.29, 0.717) is 108 Å².